The summed E-state index contributed by atoms with van der Waals surface area (Å²) in [4.78, 5) is 0. The lowest BCUT2D eigenvalue weighted by Gasteiger charge is -2.12. The Morgan fingerprint density at radius 3 is 2.93 bits per heavy atom. The van der Waals surface area contributed by atoms with Crippen LogP contribution in [0, 0.1) is 0 Å². The maximum atomic E-state index is 13.6. The van der Waals surface area contributed by atoms with E-state index in [4.69, 9.17) is 0 Å². The van der Waals surface area contributed by atoms with Gasteiger partial charge in [0.15, 0.2) is 0 Å². The van der Waals surface area contributed by atoms with Crippen LogP contribution in [0.4, 0.5) is 4.39 Å². The number of rotatable bonds is 2. The molecule has 0 heterocycles. The van der Waals surface area contributed by atoms with Crippen molar-refractivity contribution in [2.75, 3.05) is 0 Å². The fourth-order valence-corrected chi connectivity index (χ4v) is 1.86. The molecule has 2 unspecified atom stereocenters. The second-order valence-electron chi connectivity index (χ2n) is 3.48. The molecule has 72 valence electrons. The lowest BCUT2D eigenvalue weighted by Crippen LogP contribution is -2.07. The molecule has 2 rings (SSSR count). The first kappa shape index (κ1) is 9.20. The van der Waals surface area contributed by atoms with Crippen LogP contribution in [0.2, 0.25) is 0 Å². The fraction of sp³-hybridized carbons (Fsp3) is 0.231. The maximum absolute atomic E-state index is 13.6. The van der Waals surface area contributed by atoms with Gasteiger partial charge in [-0.05, 0) is 18.1 Å². The van der Waals surface area contributed by atoms with Gasteiger partial charge in [-0.1, -0.05) is 48.6 Å². The summed E-state index contributed by atoms with van der Waals surface area (Å²) in [6.45, 7) is 1.84. The lowest BCUT2D eigenvalue weighted by molar-refractivity contribution is 0.373. The molecular weight excluding hydrogens is 175 g/mol. The van der Waals surface area contributed by atoms with Crippen molar-refractivity contribution < 1.29 is 4.39 Å². The van der Waals surface area contributed by atoms with Crippen LogP contribution < -0.4 is 0 Å². The molecule has 2 atom stereocenters. The second-order valence-corrected chi connectivity index (χ2v) is 3.48. The van der Waals surface area contributed by atoms with Crippen LogP contribution in [0.25, 0.3) is 6.08 Å². The van der Waals surface area contributed by atoms with E-state index in [9.17, 15) is 4.39 Å². The van der Waals surface area contributed by atoms with Crippen molar-refractivity contribution in [3.8, 4) is 0 Å². The summed E-state index contributed by atoms with van der Waals surface area (Å²) in [5, 5.41) is 0. The van der Waals surface area contributed by atoms with Crippen LogP contribution in [0.1, 0.15) is 24.0 Å². The van der Waals surface area contributed by atoms with Crippen molar-refractivity contribution in [1.29, 1.82) is 0 Å². The van der Waals surface area contributed by atoms with E-state index in [1.807, 2.05) is 43.3 Å². The highest BCUT2D eigenvalue weighted by atomic mass is 19.1. The van der Waals surface area contributed by atoms with E-state index in [1.165, 1.54) is 0 Å². The van der Waals surface area contributed by atoms with E-state index in [2.05, 4.69) is 0 Å². The zero-order valence-electron chi connectivity index (χ0n) is 8.15. The molecule has 1 heteroatoms. The molecule has 1 aliphatic rings. The summed E-state index contributed by atoms with van der Waals surface area (Å²) < 4.78 is 13.6. The summed E-state index contributed by atoms with van der Waals surface area (Å²) in [5.41, 5.74) is 2.24. The Morgan fingerprint density at radius 2 is 2.14 bits per heavy atom. The summed E-state index contributed by atoms with van der Waals surface area (Å²) >= 11 is 0. The number of benzene rings is 1. The van der Waals surface area contributed by atoms with Gasteiger partial charge in [0.1, 0.15) is 6.17 Å². The minimum atomic E-state index is -0.903. The number of allylic oxidation sites excluding steroid dienone is 3. The average molecular weight is 188 g/mol. The Balaban J connectivity index is 2.30. The molecule has 0 aliphatic heterocycles. The fourth-order valence-electron chi connectivity index (χ4n) is 1.86. The van der Waals surface area contributed by atoms with Crippen molar-refractivity contribution in [3.63, 3.8) is 0 Å². The third-order valence-corrected chi connectivity index (χ3v) is 2.56. The molecule has 0 N–H and O–H groups in total. The largest absolute Gasteiger partial charge is 0.242 e. The molecule has 0 fully saturated rings. The van der Waals surface area contributed by atoms with Crippen LogP contribution in [0.3, 0.4) is 0 Å². The van der Waals surface area contributed by atoms with Gasteiger partial charge in [0, 0.05) is 5.92 Å². The molecule has 1 aromatic carbocycles. The maximum Gasteiger partial charge on any atom is 0.129 e. The van der Waals surface area contributed by atoms with Gasteiger partial charge >= 0.3 is 0 Å². The van der Waals surface area contributed by atoms with Crippen molar-refractivity contribution in [2.45, 2.75) is 19.0 Å². The smallest absolute Gasteiger partial charge is 0.129 e. The first-order valence-corrected chi connectivity index (χ1v) is 4.87. The van der Waals surface area contributed by atoms with Gasteiger partial charge in [0.05, 0.1) is 0 Å². The van der Waals surface area contributed by atoms with Crippen LogP contribution in [0.5, 0.6) is 0 Å². The molecular formula is C13H13F. The molecule has 1 aromatic rings. The molecule has 0 amide bonds. The quantitative estimate of drug-likeness (QED) is 0.620. The van der Waals surface area contributed by atoms with E-state index in [1.54, 1.807) is 12.2 Å². The van der Waals surface area contributed by atoms with E-state index >= 15 is 0 Å². The predicted octanol–water partition coefficient (Wildman–Crippen LogP) is 3.71. The Bertz CT molecular complexity index is 377. The van der Waals surface area contributed by atoms with Crippen LogP contribution in [-0.4, -0.2) is 6.17 Å². The van der Waals surface area contributed by atoms with Crippen molar-refractivity contribution >= 4 is 6.08 Å². The second kappa shape index (κ2) is 3.79. The van der Waals surface area contributed by atoms with Gasteiger partial charge in [-0.2, -0.15) is 0 Å². The van der Waals surface area contributed by atoms with E-state index in [0.717, 1.165) is 11.1 Å². The Kier molecular flexibility index (Phi) is 2.49. The molecule has 14 heavy (non-hydrogen) atoms. The number of halogens is 1. The van der Waals surface area contributed by atoms with Crippen LogP contribution in [0.15, 0.2) is 42.5 Å². The monoisotopic (exact) mass is 188 g/mol. The summed E-state index contributed by atoms with van der Waals surface area (Å²) in [6, 6.07) is 7.96. The zero-order valence-corrected chi connectivity index (χ0v) is 8.15. The Hall–Kier alpha value is -1.37. The molecule has 0 spiro atoms. The Labute approximate surface area is 83.8 Å². The molecule has 0 aromatic heterocycles. The molecule has 0 saturated heterocycles. The predicted molar refractivity (Wildman–Crippen MR) is 57.9 cm³/mol. The zero-order chi connectivity index (χ0) is 9.97. The normalized spacial score (nSPS) is 21.4. The minimum absolute atomic E-state index is 0.0950. The number of hydrogen-bond acceptors (Lipinski definition) is 0. The van der Waals surface area contributed by atoms with E-state index in [0.29, 0.717) is 0 Å². The number of fused-ring (bicyclic) bond motifs is 1. The van der Waals surface area contributed by atoms with Crippen molar-refractivity contribution in [2.24, 2.45) is 0 Å². The highest BCUT2D eigenvalue weighted by molar-refractivity contribution is 5.62. The van der Waals surface area contributed by atoms with E-state index in [-0.39, 0.29) is 5.92 Å². The van der Waals surface area contributed by atoms with Gasteiger partial charge < -0.3 is 0 Å². The van der Waals surface area contributed by atoms with Gasteiger partial charge in [-0.3, -0.25) is 0 Å². The summed E-state index contributed by atoms with van der Waals surface area (Å²) in [7, 11) is 0. The summed E-state index contributed by atoms with van der Waals surface area (Å²) in [5.74, 6) is -0.0950. The van der Waals surface area contributed by atoms with Gasteiger partial charge in [-0.15, -0.1) is 0 Å². The first-order chi connectivity index (χ1) is 6.83. The van der Waals surface area contributed by atoms with Gasteiger partial charge in [0.2, 0.25) is 0 Å². The SMILES string of the molecule is CC=CC(F)C1C=Cc2ccccc21. The molecule has 0 bridgehead atoms. The summed E-state index contributed by atoms with van der Waals surface area (Å²) in [6.07, 6.45) is 6.40. The van der Waals surface area contributed by atoms with Crippen molar-refractivity contribution in [1.82, 2.24) is 0 Å². The van der Waals surface area contributed by atoms with E-state index < -0.39 is 6.17 Å². The van der Waals surface area contributed by atoms with Crippen LogP contribution >= 0.6 is 0 Å². The average Bonchev–Trinajstić information content (AvgIpc) is 2.61. The highest BCUT2D eigenvalue weighted by Gasteiger charge is 2.23. The number of hydrogen-bond donors (Lipinski definition) is 0. The standard InChI is InChI=1S/C13H13F/c1-2-5-13(14)12-9-8-10-6-3-4-7-11(10)12/h2-9,12-13H,1H3. The van der Waals surface area contributed by atoms with Crippen LogP contribution in [-0.2, 0) is 0 Å². The van der Waals surface area contributed by atoms with Crippen molar-refractivity contribution in [3.05, 3.63) is 53.6 Å². The minimum Gasteiger partial charge on any atom is -0.242 e. The molecule has 0 radical (unpaired) electrons. The number of alkyl halides is 1. The molecule has 1 aliphatic carbocycles. The lowest BCUT2D eigenvalue weighted by atomic mass is 9.96. The van der Waals surface area contributed by atoms with Gasteiger partial charge in [0.25, 0.3) is 0 Å². The Morgan fingerprint density at radius 1 is 1.36 bits per heavy atom. The third-order valence-electron chi connectivity index (χ3n) is 2.56. The molecule has 0 nitrogen and oxygen atoms in total. The first-order valence-electron chi connectivity index (χ1n) is 4.87. The third kappa shape index (κ3) is 1.50. The van der Waals surface area contributed by atoms with Gasteiger partial charge in [-0.25, -0.2) is 4.39 Å². The highest BCUT2D eigenvalue weighted by Crippen LogP contribution is 2.33. The topological polar surface area (TPSA) is 0 Å². The molecule has 0 saturated carbocycles.